The fourth-order valence-corrected chi connectivity index (χ4v) is 1.84. The summed E-state index contributed by atoms with van der Waals surface area (Å²) >= 11 is 0. The summed E-state index contributed by atoms with van der Waals surface area (Å²) in [6.07, 6.45) is 4.61. The van der Waals surface area contributed by atoms with Crippen molar-refractivity contribution in [1.82, 2.24) is 24.9 Å². The van der Waals surface area contributed by atoms with Gasteiger partial charge in [0.15, 0.2) is 5.65 Å². The first kappa shape index (κ1) is 10.4. The number of nitriles is 1. The Kier molecular flexibility index (Phi) is 2.24. The smallest absolute Gasteiger partial charge is 0.181 e. The molecule has 0 saturated carbocycles. The minimum atomic E-state index is 0.587. The number of aromatic nitrogens is 5. The van der Waals surface area contributed by atoms with Gasteiger partial charge in [0.25, 0.3) is 0 Å². The van der Waals surface area contributed by atoms with Crippen molar-refractivity contribution >= 4 is 11.2 Å². The minimum Gasteiger partial charge on any atom is -0.341 e. The van der Waals surface area contributed by atoms with Gasteiger partial charge in [-0.2, -0.15) is 5.26 Å². The SMILES string of the molecule is Cc1c(C#N)ccnc1-c1ncnc2nc[nH]c12. The van der Waals surface area contributed by atoms with Gasteiger partial charge in [0.1, 0.15) is 17.5 Å². The van der Waals surface area contributed by atoms with Crippen molar-refractivity contribution < 1.29 is 0 Å². The van der Waals surface area contributed by atoms with Gasteiger partial charge in [-0.3, -0.25) is 4.98 Å². The summed E-state index contributed by atoms with van der Waals surface area (Å²) in [5, 5.41) is 9.03. The maximum Gasteiger partial charge on any atom is 0.181 e. The van der Waals surface area contributed by atoms with Crippen molar-refractivity contribution in [2.75, 3.05) is 0 Å². The number of H-pyrrole nitrogens is 1. The van der Waals surface area contributed by atoms with Crippen molar-refractivity contribution in [1.29, 1.82) is 5.26 Å². The van der Waals surface area contributed by atoms with Crippen molar-refractivity contribution in [3.05, 3.63) is 36.0 Å². The molecule has 3 aromatic heterocycles. The van der Waals surface area contributed by atoms with Crippen LogP contribution in [0, 0.1) is 18.3 Å². The normalized spacial score (nSPS) is 10.4. The molecule has 0 aliphatic heterocycles. The molecule has 1 N–H and O–H groups in total. The van der Waals surface area contributed by atoms with Gasteiger partial charge in [-0.05, 0) is 18.6 Å². The van der Waals surface area contributed by atoms with Crippen LogP contribution in [0.2, 0.25) is 0 Å². The lowest BCUT2D eigenvalue weighted by Crippen LogP contribution is -1.96. The molecule has 0 aliphatic rings. The number of imidazole rings is 1. The van der Waals surface area contributed by atoms with Crippen LogP contribution in [0.3, 0.4) is 0 Å². The Morgan fingerprint density at radius 2 is 2.06 bits per heavy atom. The van der Waals surface area contributed by atoms with Crippen LogP contribution in [0.5, 0.6) is 0 Å². The van der Waals surface area contributed by atoms with Crippen LogP contribution < -0.4 is 0 Å². The van der Waals surface area contributed by atoms with E-state index in [0.29, 0.717) is 22.6 Å². The number of aromatic amines is 1. The lowest BCUT2D eigenvalue weighted by Gasteiger charge is -2.05. The average molecular weight is 236 g/mol. The van der Waals surface area contributed by atoms with E-state index < -0.39 is 0 Å². The first-order valence-electron chi connectivity index (χ1n) is 5.31. The molecule has 3 rings (SSSR count). The van der Waals surface area contributed by atoms with Gasteiger partial charge < -0.3 is 4.98 Å². The molecule has 0 unspecified atom stereocenters. The van der Waals surface area contributed by atoms with Gasteiger partial charge >= 0.3 is 0 Å². The highest BCUT2D eigenvalue weighted by atomic mass is 15.0. The molecule has 0 fully saturated rings. The maximum atomic E-state index is 9.03. The Morgan fingerprint density at radius 1 is 1.17 bits per heavy atom. The van der Waals surface area contributed by atoms with Crippen molar-refractivity contribution in [3.8, 4) is 17.5 Å². The maximum absolute atomic E-state index is 9.03. The van der Waals surface area contributed by atoms with E-state index in [2.05, 4.69) is 31.0 Å². The Balaban J connectivity index is 2.34. The van der Waals surface area contributed by atoms with Crippen molar-refractivity contribution in [2.24, 2.45) is 0 Å². The zero-order valence-corrected chi connectivity index (χ0v) is 9.55. The molecule has 0 aliphatic carbocycles. The number of fused-ring (bicyclic) bond motifs is 1. The second-order valence-electron chi connectivity index (χ2n) is 3.77. The van der Waals surface area contributed by atoms with E-state index in [1.54, 1.807) is 18.6 Å². The van der Waals surface area contributed by atoms with E-state index in [1.807, 2.05) is 6.92 Å². The molecule has 0 spiro atoms. The second kappa shape index (κ2) is 3.89. The predicted octanol–water partition coefficient (Wildman–Crippen LogP) is 1.59. The largest absolute Gasteiger partial charge is 0.341 e. The summed E-state index contributed by atoms with van der Waals surface area (Å²) in [4.78, 5) is 19.7. The molecular weight excluding hydrogens is 228 g/mol. The molecule has 18 heavy (non-hydrogen) atoms. The first-order chi connectivity index (χ1) is 8.81. The van der Waals surface area contributed by atoms with Gasteiger partial charge in [-0.25, -0.2) is 15.0 Å². The standard InChI is InChI=1S/C12H8N6/c1-7-8(4-13)2-3-14-9(7)10-11-12(17-5-15-10)18-6-16-11/h2-3,5-6H,1H3,(H,15,16,17,18). The molecule has 0 saturated heterocycles. The number of nitrogens with one attached hydrogen (secondary N) is 1. The van der Waals surface area contributed by atoms with Gasteiger partial charge in [0.05, 0.1) is 23.7 Å². The number of hydrogen-bond donors (Lipinski definition) is 1. The van der Waals surface area contributed by atoms with E-state index in [0.717, 1.165) is 11.1 Å². The molecular formula is C12H8N6. The van der Waals surface area contributed by atoms with Gasteiger partial charge in [-0.1, -0.05) is 0 Å². The number of hydrogen-bond acceptors (Lipinski definition) is 5. The van der Waals surface area contributed by atoms with Crippen molar-refractivity contribution in [3.63, 3.8) is 0 Å². The van der Waals surface area contributed by atoms with E-state index in [9.17, 15) is 0 Å². The highest BCUT2D eigenvalue weighted by Gasteiger charge is 2.13. The lowest BCUT2D eigenvalue weighted by atomic mass is 10.1. The molecule has 3 aromatic rings. The van der Waals surface area contributed by atoms with Crippen LogP contribution in [0.15, 0.2) is 24.9 Å². The van der Waals surface area contributed by atoms with E-state index in [4.69, 9.17) is 5.26 Å². The number of nitrogens with zero attached hydrogens (tertiary/aromatic N) is 5. The van der Waals surface area contributed by atoms with Crippen molar-refractivity contribution in [2.45, 2.75) is 6.92 Å². The van der Waals surface area contributed by atoms with Crippen LogP contribution in [0.1, 0.15) is 11.1 Å². The Bertz CT molecular complexity index is 768. The number of pyridine rings is 1. The third-order valence-corrected chi connectivity index (χ3v) is 2.77. The van der Waals surface area contributed by atoms with Crippen LogP contribution in [-0.2, 0) is 0 Å². The topological polar surface area (TPSA) is 91.1 Å². The van der Waals surface area contributed by atoms with Gasteiger partial charge in [0.2, 0.25) is 0 Å². The Morgan fingerprint density at radius 3 is 2.89 bits per heavy atom. The zero-order valence-electron chi connectivity index (χ0n) is 9.55. The van der Waals surface area contributed by atoms with E-state index >= 15 is 0 Å². The third kappa shape index (κ3) is 1.42. The summed E-state index contributed by atoms with van der Waals surface area (Å²) in [6, 6.07) is 3.82. The monoisotopic (exact) mass is 236 g/mol. The first-order valence-corrected chi connectivity index (χ1v) is 5.31. The fourth-order valence-electron chi connectivity index (χ4n) is 1.84. The third-order valence-electron chi connectivity index (χ3n) is 2.77. The fraction of sp³-hybridized carbons (Fsp3) is 0.0833. The molecule has 0 aromatic carbocycles. The summed E-state index contributed by atoms with van der Waals surface area (Å²) in [6.45, 7) is 1.85. The summed E-state index contributed by atoms with van der Waals surface area (Å²) in [7, 11) is 0. The zero-order chi connectivity index (χ0) is 12.5. The highest BCUT2D eigenvalue weighted by Crippen LogP contribution is 2.25. The van der Waals surface area contributed by atoms with Crippen LogP contribution in [0.4, 0.5) is 0 Å². The summed E-state index contributed by atoms with van der Waals surface area (Å²) in [5.41, 5.74) is 4.03. The lowest BCUT2D eigenvalue weighted by molar-refractivity contribution is 1.16. The van der Waals surface area contributed by atoms with Crippen LogP contribution in [-0.4, -0.2) is 24.9 Å². The molecule has 6 nitrogen and oxygen atoms in total. The Hall–Kier alpha value is -2.81. The minimum absolute atomic E-state index is 0.587. The van der Waals surface area contributed by atoms with E-state index in [-0.39, 0.29) is 0 Å². The quantitative estimate of drug-likeness (QED) is 0.692. The molecule has 0 radical (unpaired) electrons. The summed E-state index contributed by atoms with van der Waals surface area (Å²) < 4.78 is 0. The van der Waals surface area contributed by atoms with Gasteiger partial charge in [-0.15, -0.1) is 0 Å². The molecule has 0 bridgehead atoms. The Labute approximate surface area is 102 Å². The number of rotatable bonds is 1. The summed E-state index contributed by atoms with van der Waals surface area (Å²) in [5.74, 6) is 0. The van der Waals surface area contributed by atoms with Gasteiger partial charge in [0, 0.05) is 6.20 Å². The predicted molar refractivity (Wildman–Crippen MR) is 64.4 cm³/mol. The molecule has 6 heteroatoms. The molecule has 3 heterocycles. The molecule has 86 valence electrons. The highest BCUT2D eigenvalue weighted by molar-refractivity contribution is 5.86. The molecule has 0 atom stereocenters. The molecule has 0 amide bonds. The average Bonchev–Trinajstić information content (AvgIpc) is 2.87. The van der Waals surface area contributed by atoms with Crippen LogP contribution in [0.25, 0.3) is 22.6 Å². The van der Waals surface area contributed by atoms with E-state index in [1.165, 1.54) is 6.33 Å². The second-order valence-corrected chi connectivity index (χ2v) is 3.77. The van der Waals surface area contributed by atoms with Crippen LogP contribution >= 0.6 is 0 Å².